The minimum Gasteiger partial charge on any atom is -0.379 e. The average molecular weight is 340 g/mol. The second kappa shape index (κ2) is 7.76. The van der Waals surface area contributed by atoms with Crippen LogP contribution in [0.1, 0.15) is 11.1 Å². The molecule has 8 heteroatoms. The molecule has 1 aliphatic rings. The number of anilines is 1. The van der Waals surface area contributed by atoms with Crippen LogP contribution in [0.4, 0.5) is 5.69 Å². The molecule has 0 amide bonds. The van der Waals surface area contributed by atoms with E-state index in [2.05, 4.69) is 10.3 Å². The molecule has 0 aromatic heterocycles. The number of sulfonamides is 1. The zero-order valence-corrected chi connectivity index (χ0v) is 14.4. The van der Waals surface area contributed by atoms with Crippen molar-refractivity contribution in [2.24, 2.45) is 10.7 Å². The van der Waals surface area contributed by atoms with E-state index in [9.17, 15) is 8.42 Å². The van der Waals surface area contributed by atoms with Gasteiger partial charge in [0.1, 0.15) is 0 Å². The first-order chi connectivity index (χ1) is 10.9. The third-order valence-corrected chi connectivity index (χ3v) is 5.62. The largest absolute Gasteiger partial charge is 0.379 e. The fourth-order valence-corrected chi connectivity index (χ4v) is 3.53. The van der Waals surface area contributed by atoms with E-state index >= 15 is 0 Å². The summed E-state index contributed by atoms with van der Waals surface area (Å²) in [7, 11) is -3.30. The minimum atomic E-state index is -3.30. The molecule has 1 aliphatic heterocycles. The minimum absolute atomic E-state index is 0.0533. The van der Waals surface area contributed by atoms with Gasteiger partial charge in [-0.2, -0.15) is 4.31 Å². The summed E-state index contributed by atoms with van der Waals surface area (Å²) in [5.41, 5.74) is 9.00. The quantitative estimate of drug-likeness (QED) is 0.607. The van der Waals surface area contributed by atoms with E-state index in [0.29, 0.717) is 26.3 Å². The number of benzene rings is 1. The Kier molecular flexibility index (Phi) is 5.97. The van der Waals surface area contributed by atoms with Gasteiger partial charge in [0.2, 0.25) is 10.0 Å². The van der Waals surface area contributed by atoms with E-state index in [1.165, 1.54) is 9.87 Å². The number of nitrogens with two attached hydrogens (primary N) is 1. The van der Waals surface area contributed by atoms with Crippen molar-refractivity contribution in [3.63, 3.8) is 0 Å². The maximum atomic E-state index is 12.1. The number of aliphatic imine (C=N–C) groups is 1. The van der Waals surface area contributed by atoms with E-state index in [-0.39, 0.29) is 18.3 Å². The summed E-state index contributed by atoms with van der Waals surface area (Å²) in [6.07, 6.45) is 0. The monoisotopic (exact) mass is 340 g/mol. The molecule has 1 fully saturated rings. The molecule has 1 saturated heterocycles. The van der Waals surface area contributed by atoms with Crippen molar-refractivity contribution in [1.29, 1.82) is 0 Å². The Morgan fingerprint density at radius 2 is 2.00 bits per heavy atom. The molecule has 1 aromatic rings. The highest BCUT2D eigenvalue weighted by Crippen LogP contribution is 2.13. The van der Waals surface area contributed by atoms with E-state index in [1.807, 2.05) is 32.0 Å². The number of guanidine groups is 1. The Hall–Kier alpha value is -1.64. The van der Waals surface area contributed by atoms with Gasteiger partial charge in [-0.1, -0.05) is 6.07 Å². The molecule has 128 valence electrons. The lowest BCUT2D eigenvalue weighted by Crippen LogP contribution is -2.42. The normalized spacial score (nSPS) is 17.2. The van der Waals surface area contributed by atoms with Crippen molar-refractivity contribution >= 4 is 21.7 Å². The van der Waals surface area contributed by atoms with Gasteiger partial charge >= 0.3 is 0 Å². The predicted octanol–water partition coefficient (Wildman–Crippen LogP) is 0.692. The lowest BCUT2D eigenvalue weighted by atomic mass is 10.1. The molecule has 3 N–H and O–H groups in total. The predicted molar refractivity (Wildman–Crippen MR) is 92.2 cm³/mol. The van der Waals surface area contributed by atoms with Crippen molar-refractivity contribution in [2.75, 3.05) is 43.9 Å². The smallest absolute Gasteiger partial charge is 0.216 e. The highest BCUT2D eigenvalue weighted by molar-refractivity contribution is 7.89. The van der Waals surface area contributed by atoms with Crippen LogP contribution in [0.2, 0.25) is 0 Å². The van der Waals surface area contributed by atoms with Crippen molar-refractivity contribution < 1.29 is 13.2 Å². The SMILES string of the molecule is Cc1ccc(NC(N)=NCCS(=O)(=O)N2CCOCC2)cc1C. The standard InChI is InChI=1S/C15H24N4O3S/c1-12-3-4-14(11-13(12)2)18-15(16)17-5-10-23(20,21)19-6-8-22-9-7-19/h3-4,11H,5-10H2,1-2H3,(H3,16,17,18). The van der Waals surface area contributed by atoms with E-state index < -0.39 is 10.0 Å². The summed E-state index contributed by atoms with van der Waals surface area (Å²) < 4.78 is 30.9. The molecular weight excluding hydrogens is 316 g/mol. The molecular formula is C15H24N4O3S. The van der Waals surface area contributed by atoms with Crippen LogP contribution in [0.3, 0.4) is 0 Å². The van der Waals surface area contributed by atoms with Crippen molar-refractivity contribution in [3.8, 4) is 0 Å². The number of hydrogen-bond acceptors (Lipinski definition) is 4. The summed E-state index contributed by atoms with van der Waals surface area (Å²) in [6.45, 7) is 5.88. The van der Waals surface area contributed by atoms with Crippen molar-refractivity contribution in [1.82, 2.24) is 4.31 Å². The first kappa shape index (κ1) is 17.7. The number of rotatable bonds is 5. The molecule has 1 aromatic carbocycles. The number of nitrogens with one attached hydrogen (secondary N) is 1. The van der Waals surface area contributed by atoms with Gasteiger partial charge in [-0.25, -0.2) is 8.42 Å². The van der Waals surface area contributed by atoms with Crippen LogP contribution in [0.15, 0.2) is 23.2 Å². The summed E-state index contributed by atoms with van der Waals surface area (Å²) in [5, 5.41) is 2.98. The zero-order chi connectivity index (χ0) is 16.9. The Morgan fingerprint density at radius 1 is 1.30 bits per heavy atom. The molecule has 1 heterocycles. The maximum Gasteiger partial charge on any atom is 0.216 e. The number of nitrogens with zero attached hydrogens (tertiary/aromatic N) is 2. The zero-order valence-electron chi connectivity index (χ0n) is 13.6. The molecule has 0 atom stereocenters. The van der Waals surface area contributed by atoms with E-state index in [4.69, 9.17) is 10.5 Å². The lowest BCUT2D eigenvalue weighted by Gasteiger charge is -2.25. The van der Waals surface area contributed by atoms with E-state index in [1.54, 1.807) is 0 Å². The molecule has 0 bridgehead atoms. The van der Waals surface area contributed by atoms with Crippen LogP contribution in [0, 0.1) is 13.8 Å². The second-order valence-corrected chi connectivity index (χ2v) is 7.61. The molecule has 23 heavy (non-hydrogen) atoms. The van der Waals surface area contributed by atoms with Gasteiger partial charge in [0.25, 0.3) is 0 Å². The third kappa shape index (κ3) is 5.19. The number of ether oxygens (including phenoxy) is 1. The van der Waals surface area contributed by atoms with Gasteiger partial charge in [-0.15, -0.1) is 0 Å². The van der Waals surface area contributed by atoms with Gasteiger partial charge in [0, 0.05) is 18.8 Å². The Balaban J connectivity index is 1.87. The fraction of sp³-hybridized carbons (Fsp3) is 0.533. The van der Waals surface area contributed by atoms with Gasteiger partial charge in [0.15, 0.2) is 5.96 Å². The average Bonchev–Trinajstić information content (AvgIpc) is 2.52. The lowest BCUT2D eigenvalue weighted by molar-refractivity contribution is 0.0731. The molecule has 0 spiro atoms. The first-order valence-corrected chi connectivity index (χ1v) is 9.19. The van der Waals surface area contributed by atoms with Crippen LogP contribution in [-0.2, 0) is 14.8 Å². The summed E-state index contributed by atoms with van der Waals surface area (Å²) >= 11 is 0. The van der Waals surface area contributed by atoms with Crippen LogP contribution in [-0.4, -0.2) is 57.3 Å². The fourth-order valence-electron chi connectivity index (χ4n) is 2.24. The first-order valence-electron chi connectivity index (χ1n) is 7.58. The molecule has 0 unspecified atom stereocenters. The van der Waals surface area contributed by atoms with Gasteiger partial charge < -0.3 is 15.8 Å². The van der Waals surface area contributed by atoms with Crippen LogP contribution >= 0.6 is 0 Å². The van der Waals surface area contributed by atoms with Crippen LogP contribution in [0.5, 0.6) is 0 Å². The Labute approximate surface area is 137 Å². The maximum absolute atomic E-state index is 12.1. The van der Waals surface area contributed by atoms with E-state index in [0.717, 1.165) is 11.3 Å². The van der Waals surface area contributed by atoms with Crippen LogP contribution < -0.4 is 11.1 Å². The summed E-state index contributed by atoms with van der Waals surface area (Å²) in [6, 6.07) is 5.88. The Morgan fingerprint density at radius 3 is 2.65 bits per heavy atom. The molecule has 0 radical (unpaired) electrons. The van der Waals surface area contributed by atoms with Crippen molar-refractivity contribution in [3.05, 3.63) is 29.3 Å². The molecule has 7 nitrogen and oxygen atoms in total. The topological polar surface area (TPSA) is 97.0 Å². The Bertz CT molecular complexity index is 667. The number of aryl methyl sites for hydroxylation is 2. The van der Waals surface area contributed by atoms with Crippen molar-refractivity contribution in [2.45, 2.75) is 13.8 Å². The molecule has 0 saturated carbocycles. The molecule has 2 rings (SSSR count). The second-order valence-electron chi connectivity index (χ2n) is 5.52. The highest BCUT2D eigenvalue weighted by atomic mass is 32.2. The van der Waals surface area contributed by atoms with Crippen LogP contribution in [0.25, 0.3) is 0 Å². The number of hydrogen-bond donors (Lipinski definition) is 2. The number of morpholine rings is 1. The third-order valence-electron chi connectivity index (χ3n) is 3.77. The van der Waals surface area contributed by atoms with Gasteiger partial charge in [-0.3, -0.25) is 4.99 Å². The molecule has 0 aliphatic carbocycles. The van der Waals surface area contributed by atoms with Gasteiger partial charge in [0.05, 0.1) is 25.5 Å². The van der Waals surface area contributed by atoms with Gasteiger partial charge in [-0.05, 0) is 37.1 Å². The summed E-state index contributed by atoms with van der Waals surface area (Å²) in [5.74, 6) is 0.160. The highest BCUT2D eigenvalue weighted by Gasteiger charge is 2.23. The summed E-state index contributed by atoms with van der Waals surface area (Å²) in [4.78, 5) is 4.10.